The van der Waals surface area contributed by atoms with Crippen LogP contribution >= 0.6 is 0 Å². The van der Waals surface area contributed by atoms with E-state index in [1.807, 2.05) is 0 Å². The second-order valence-corrected chi connectivity index (χ2v) is 1.69. The largest absolute Gasteiger partial charge is 0.475 e. The number of primary amides is 1. The van der Waals surface area contributed by atoms with Crippen molar-refractivity contribution in [1.82, 2.24) is 15.2 Å². The van der Waals surface area contributed by atoms with Gasteiger partial charge in [0, 0.05) is 0 Å². The zero-order valence-corrected chi connectivity index (χ0v) is 5.24. The van der Waals surface area contributed by atoms with Crippen molar-refractivity contribution in [3.63, 3.8) is 0 Å². The maximum atomic E-state index is 10.3. The summed E-state index contributed by atoms with van der Waals surface area (Å²) in [6.45, 7) is 0. The number of aromatic amines is 1. The van der Waals surface area contributed by atoms with Crippen LogP contribution in [0.25, 0.3) is 0 Å². The minimum absolute atomic E-state index is 0.262. The predicted octanol–water partition coefficient (Wildman–Crippen LogP) is -1.40. The molecule has 0 aliphatic carbocycles. The third-order valence-electron chi connectivity index (χ3n) is 0.923. The molecule has 58 valence electrons. The van der Waals surface area contributed by atoms with Crippen molar-refractivity contribution in [2.45, 2.75) is 0 Å². The number of aromatic nitrogens is 3. The Morgan fingerprint density at radius 3 is 2.18 bits per heavy atom. The topological polar surface area (TPSA) is 122 Å². The Balaban J connectivity index is 2.99. The van der Waals surface area contributed by atoms with Gasteiger partial charge < -0.3 is 15.8 Å². The Morgan fingerprint density at radius 1 is 1.36 bits per heavy atom. The van der Waals surface area contributed by atoms with Crippen molar-refractivity contribution in [2.75, 3.05) is 0 Å². The zero-order valence-electron chi connectivity index (χ0n) is 5.24. The Kier molecular flexibility index (Phi) is 1.55. The molecule has 1 heterocycles. The average molecular weight is 156 g/mol. The fraction of sp³-hybridized carbons (Fsp3) is 0. The number of amides is 1. The number of carbonyl (C=O) groups is 2. The normalized spacial score (nSPS) is 9.45. The summed E-state index contributed by atoms with van der Waals surface area (Å²) in [4.78, 5) is 22.6. The van der Waals surface area contributed by atoms with Gasteiger partial charge in [-0.05, 0) is 0 Å². The Morgan fingerprint density at radius 2 is 1.91 bits per heavy atom. The fourth-order valence-electron chi connectivity index (χ4n) is 0.469. The van der Waals surface area contributed by atoms with Crippen LogP contribution in [0.4, 0.5) is 0 Å². The molecule has 7 heteroatoms. The number of nitrogens with two attached hydrogens (primary N) is 1. The molecule has 0 bridgehead atoms. The molecule has 0 spiro atoms. The second-order valence-electron chi connectivity index (χ2n) is 1.69. The van der Waals surface area contributed by atoms with Crippen LogP contribution in [0.15, 0.2) is 0 Å². The van der Waals surface area contributed by atoms with Gasteiger partial charge in [-0.3, -0.25) is 4.79 Å². The maximum Gasteiger partial charge on any atom is 0.373 e. The molecule has 7 nitrogen and oxygen atoms in total. The second kappa shape index (κ2) is 2.37. The highest BCUT2D eigenvalue weighted by molar-refractivity contribution is 5.90. The lowest BCUT2D eigenvalue weighted by molar-refractivity contribution is 0.0684. The first-order valence-corrected chi connectivity index (χ1v) is 2.57. The van der Waals surface area contributed by atoms with Crippen LogP contribution in [0, 0.1) is 0 Å². The number of H-pyrrole nitrogens is 1. The standard InChI is InChI=1S/C4H4N4O3/c5-1(9)2-6-3(4(10)11)8-7-2/h(H2,5,9)(H,10,11)(H,6,7,8). The van der Waals surface area contributed by atoms with E-state index in [4.69, 9.17) is 10.8 Å². The Hall–Kier alpha value is -1.92. The highest BCUT2D eigenvalue weighted by Gasteiger charge is 2.11. The Labute approximate surface area is 60.2 Å². The van der Waals surface area contributed by atoms with Gasteiger partial charge in [0.1, 0.15) is 0 Å². The number of rotatable bonds is 2. The van der Waals surface area contributed by atoms with Gasteiger partial charge in [0.05, 0.1) is 0 Å². The van der Waals surface area contributed by atoms with E-state index in [0.717, 1.165) is 0 Å². The number of carboxylic acids is 1. The molecule has 4 N–H and O–H groups in total. The van der Waals surface area contributed by atoms with Crippen molar-refractivity contribution in [1.29, 1.82) is 0 Å². The van der Waals surface area contributed by atoms with Gasteiger partial charge in [-0.15, -0.1) is 10.2 Å². The summed E-state index contributed by atoms with van der Waals surface area (Å²) >= 11 is 0. The molecular formula is C4H4N4O3. The van der Waals surface area contributed by atoms with E-state index in [0.29, 0.717) is 0 Å². The first-order valence-electron chi connectivity index (χ1n) is 2.57. The van der Waals surface area contributed by atoms with Crippen molar-refractivity contribution in [2.24, 2.45) is 5.73 Å². The van der Waals surface area contributed by atoms with Gasteiger partial charge in [-0.25, -0.2) is 4.79 Å². The minimum atomic E-state index is -1.29. The minimum Gasteiger partial charge on any atom is -0.475 e. The molecule has 0 aliphatic heterocycles. The van der Waals surface area contributed by atoms with E-state index in [2.05, 4.69) is 15.2 Å². The molecule has 0 unspecified atom stereocenters. The molecule has 0 radical (unpaired) electrons. The molecule has 0 aromatic carbocycles. The number of aromatic carboxylic acids is 1. The van der Waals surface area contributed by atoms with Crippen molar-refractivity contribution >= 4 is 11.9 Å². The molecule has 1 aromatic heterocycles. The van der Waals surface area contributed by atoms with Crippen LogP contribution in [0.3, 0.4) is 0 Å². The van der Waals surface area contributed by atoms with Crippen LogP contribution in [0.2, 0.25) is 0 Å². The Bertz CT molecular complexity index is 276. The van der Waals surface area contributed by atoms with Crippen LogP contribution in [0.1, 0.15) is 21.2 Å². The van der Waals surface area contributed by atoms with Gasteiger partial charge in [0.15, 0.2) is 0 Å². The van der Waals surface area contributed by atoms with Crippen molar-refractivity contribution < 1.29 is 14.7 Å². The summed E-state index contributed by atoms with van der Waals surface area (Å²) in [6.07, 6.45) is 0. The van der Waals surface area contributed by atoms with E-state index in [1.54, 1.807) is 0 Å². The van der Waals surface area contributed by atoms with Crippen LogP contribution < -0.4 is 5.73 Å². The van der Waals surface area contributed by atoms with E-state index < -0.39 is 17.7 Å². The van der Waals surface area contributed by atoms with E-state index in [1.165, 1.54) is 0 Å². The molecule has 1 aromatic rings. The smallest absolute Gasteiger partial charge is 0.373 e. The number of hydrogen-bond donors (Lipinski definition) is 3. The highest BCUT2D eigenvalue weighted by atomic mass is 16.4. The molecular weight excluding hydrogens is 152 g/mol. The SMILES string of the molecule is NC(=O)c1nnc(C(=O)O)[nH]1. The lowest BCUT2D eigenvalue weighted by Crippen LogP contribution is -2.13. The third kappa shape index (κ3) is 1.31. The summed E-state index contributed by atoms with van der Waals surface area (Å²) in [5, 5.41) is 14.6. The van der Waals surface area contributed by atoms with Crippen molar-refractivity contribution in [3.05, 3.63) is 11.6 Å². The highest BCUT2D eigenvalue weighted by Crippen LogP contribution is 1.90. The maximum absolute atomic E-state index is 10.3. The lowest BCUT2D eigenvalue weighted by Gasteiger charge is -1.82. The molecule has 1 amide bonds. The van der Waals surface area contributed by atoms with Gasteiger partial charge in [0.2, 0.25) is 11.6 Å². The first kappa shape index (κ1) is 7.19. The van der Waals surface area contributed by atoms with E-state index in [9.17, 15) is 9.59 Å². The van der Waals surface area contributed by atoms with Crippen molar-refractivity contribution in [3.8, 4) is 0 Å². The van der Waals surface area contributed by atoms with Crippen LogP contribution in [-0.2, 0) is 0 Å². The van der Waals surface area contributed by atoms with Gasteiger partial charge >= 0.3 is 5.97 Å². The van der Waals surface area contributed by atoms with Gasteiger partial charge in [-0.1, -0.05) is 0 Å². The number of nitrogens with one attached hydrogen (secondary N) is 1. The van der Waals surface area contributed by atoms with Gasteiger partial charge in [0.25, 0.3) is 5.91 Å². The molecule has 0 saturated carbocycles. The summed E-state index contributed by atoms with van der Waals surface area (Å²) in [5.74, 6) is -2.80. The van der Waals surface area contributed by atoms with Crippen LogP contribution in [0.5, 0.6) is 0 Å². The zero-order chi connectivity index (χ0) is 8.43. The van der Waals surface area contributed by atoms with Gasteiger partial charge in [-0.2, -0.15) is 0 Å². The predicted molar refractivity (Wildman–Crippen MR) is 31.9 cm³/mol. The lowest BCUT2D eigenvalue weighted by atomic mass is 10.6. The summed E-state index contributed by atoms with van der Waals surface area (Å²) in [6, 6.07) is 0. The quantitative estimate of drug-likeness (QED) is 0.486. The number of carboxylic acid groups (broad SMARTS) is 1. The first-order chi connectivity index (χ1) is 5.11. The molecule has 0 aliphatic rings. The van der Waals surface area contributed by atoms with Crippen LogP contribution in [-0.4, -0.2) is 32.2 Å². The number of carbonyl (C=O) groups excluding carboxylic acids is 1. The monoisotopic (exact) mass is 156 g/mol. The fourth-order valence-corrected chi connectivity index (χ4v) is 0.469. The summed E-state index contributed by atoms with van der Waals surface area (Å²) in [7, 11) is 0. The summed E-state index contributed by atoms with van der Waals surface area (Å²) in [5.41, 5.74) is 4.76. The molecule has 0 fully saturated rings. The molecule has 0 saturated heterocycles. The summed E-state index contributed by atoms with van der Waals surface area (Å²) < 4.78 is 0. The molecule has 0 atom stereocenters. The van der Waals surface area contributed by atoms with E-state index >= 15 is 0 Å². The van der Waals surface area contributed by atoms with E-state index in [-0.39, 0.29) is 5.82 Å². The number of hydrogen-bond acceptors (Lipinski definition) is 4. The molecule has 11 heavy (non-hydrogen) atoms. The number of nitrogens with zero attached hydrogens (tertiary/aromatic N) is 2. The molecule has 1 rings (SSSR count). The third-order valence-corrected chi connectivity index (χ3v) is 0.923. The average Bonchev–Trinajstić information content (AvgIpc) is 2.33.